The lowest BCUT2D eigenvalue weighted by Gasteiger charge is -2.51. The minimum atomic E-state index is -2.88. The van der Waals surface area contributed by atoms with Crippen molar-refractivity contribution < 1.29 is 40.2 Å². The van der Waals surface area contributed by atoms with Gasteiger partial charge in [-0.05, 0) is 6.07 Å². The molecule has 1 unspecified atom stereocenters. The molecule has 9 heteroatoms. The second kappa shape index (κ2) is 5.06. The number of fused-ring (bicyclic) bond motifs is 1. The van der Waals surface area contributed by atoms with Crippen molar-refractivity contribution in [3.63, 3.8) is 0 Å². The van der Waals surface area contributed by atoms with Crippen LogP contribution < -0.4 is 0 Å². The average molecular weight is 325 g/mol. The van der Waals surface area contributed by atoms with Gasteiger partial charge in [-0.15, -0.1) is 0 Å². The summed E-state index contributed by atoms with van der Waals surface area (Å²) in [7, 11) is 0. The first kappa shape index (κ1) is 16.0. The van der Waals surface area contributed by atoms with Crippen LogP contribution in [-0.2, 0) is 15.1 Å². The monoisotopic (exact) mass is 325 g/mol. The number of para-hydroxylation sites is 1. The highest BCUT2D eigenvalue weighted by Gasteiger charge is 2.68. The summed E-state index contributed by atoms with van der Waals surface area (Å²) >= 11 is 0. The van der Waals surface area contributed by atoms with E-state index < -0.39 is 41.8 Å². The summed E-state index contributed by atoms with van der Waals surface area (Å²) < 4.78 is 4.71. The third-order valence-electron chi connectivity index (χ3n) is 4.28. The average Bonchev–Trinajstić information content (AvgIpc) is 2.88. The smallest absolute Gasteiger partial charge is 0.336 e. The Bertz CT molecular complexity index is 678. The minimum absolute atomic E-state index is 0.0417. The maximum atomic E-state index is 11.4. The predicted molar refractivity (Wildman–Crippen MR) is 74.0 cm³/mol. The zero-order valence-electron chi connectivity index (χ0n) is 11.6. The molecule has 0 spiro atoms. The van der Waals surface area contributed by atoms with E-state index >= 15 is 0 Å². The number of carboxylic acid groups (broad SMARTS) is 1. The Kier molecular flexibility index (Phi) is 3.52. The topological polar surface area (TPSA) is 160 Å². The number of aliphatic carboxylic acids is 1. The van der Waals surface area contributed by atoms with Crippen LogP contribution in [0, 0.1) is 0 Å². The molecule has 3 rings (SSSR count). The van der Waals surface area contributed by atoms with Crippen LogP contribution in [0.1, 0.15) is 5.56 Å². The van der Waals surface area contributed by atoms with Gasteiger partial charge in [0, 0.05) is 11.8 Å². The van der Waals surface area contributed by atoms with Crippen molar-refractivity contribution in [1.29, 1.82) is 0 Å². The van der Waals surface area contributed by atoms with Gasteiger partial charge in [0.2, 0.25) is 0 Å². The number of ether oxygens (including phenoxy) is 1. The number of carboxylic acids is 1. The molecule has 9 nitrogen and oxygen atoms in total. The molecule has 0 radical (unpaired) electrons. The van der Waals surface area contributed by atoms with Gasteiger partial charge in [0.05, 0.1) is 5.69 Å². The maximum absolute atomic E-state index is 11.4. The Balaban J connectivity index is 2.18. The summed E-state index contributed by atoms with van der Waals surface area (Å²) in [6.45, 7) is 0. The molecule has 6 N–H and O–H groups in total. The van der Waals surface area contributed by atoms with Gasteiger partial charge >= 0.3 is 5.97 Å². The van der Waals surface area contributed by atoms with E-state index in [1.807, 2.05) is 0 Å². The molecule has 1 aromatic rings. The van der Waals surface area contributed by atoms with E-state index in [2.05, 4.69) is 4.99 Å². The number of aliphatic hydroxyl groups excluding tert-OH is 3. The number of nitrogens with zero attached hydrogens (tertiary/aromatic N) is 1. The van der Waals surface area contributed by atoms with Crippen LogP contribution in [0.25, 0.3) is 0 Å². The fourth-order valence-electron chi connectivity index (χ4n) is 3.03. The molecule has 1 aromatic carbocycles. The molecule has 1 saturated heterocycles. The molecule has 0 amide bonds. The SMILES string of the molecule is O=C(O)[C@H]1O[C@@H](O)[C@H](O)[C@@H](O)[C@@]1(O)C1(O)C=Nc2ccccc21. The minimum Gasteiger partial charge on any atom is -0.479 e. The summed E-state index contributed by atoms with van der Waals surface area (Å²) in [5, 5.41) is 60.6. The van der Waals surface area contributed by atoms with Crippen molar-refractivity contribution in [3.05, 3.63) is 29.8 Å². The van der Waals surface area contributed by atoms with Gasteiger partial charge < -0.3 is 35.4 Å². The van der Waals surface area contributed by atoms with Crippen molar-refractivity contribution in [2.45, 2.75) is 35.8 Å². The van der Waals surface area contributed by atoms with Crippen LogP contribution in [0.4, 0.5) is 5.69 Å². The quantitative estimate of drug-likeness (QED) is 0.359. The number of aliphatic imine (C=N–C) groups is 1. The van der Waals surface area contributed by atoms with E-state index in [1.165, 1.54) is 18.2 Å². The third-order valence-corrected chi connectivity index (χ3v) is 4.28. The largest absolute Gasteiger partial charge is 0.479 e. The molecular formula is C14H15NO8. The summed E-state index contributed by atoms with van der Waals surface area (Å²) in [5.41, 5.74) is -5.01. The lowest BCUT2D eigenvalue weighted by atomic mass is 9.69. The molecule has 23 heavy (non-hydrogen) atoms. The number of hydrogen-bond acceptors (Lipinski definition) is 8. The van der Waals surface area contributed by atoms with E-state index in [-0.39, 0.29) is 11.3 Å². The fraction of sp³-hybridized carbons (Fsp3) is 0.429. The number of benzene rings is 1. The van der Waals surface area contributed by atoms with Crippen molar-refractivity contribution in [3.8, 4) is 0 Å². The number of rotatable bonds is 2. The Morgan fingerprint density at radius 1 is 1.17 bits per heavy atom. The van der Waals surface area contributed by atoms with Gasteiger partial charge in [-0.3, -0.25) is 4.99 Å². The Labute approximate surface area is 129 Å². The van der Waals surface area contributed by atoms with Crippen LogP contribution in [-0.4, -0.2) is 73.0 Å². The number of hydrogen-bond donors (Lipinski definition) is 6. The predicted octanol–water partition coefficient (Wildman–Crippen LogP) is -2.16. The van der Waals surface area contributed by atoms with Crippen LogP contribution in [0.3, 0.4) is 0 Å². The molecule has 0 aliphatic carbocycles. The molecule has 2 heterocycles. The van der Waals surface area contributed by atoms with E-state index in [9.17, 15) is 35.4 Å². The lowest BCUT2D eigenvalue weighted by Crippen LogP contribution is -2.75. The molecule has 6 atom stereocenters. The highest BCUT2D eigenvalue weighted by Crippen LogP contribution is 2.48. The summed E-state index contributed by atoms with van der Waals surface area (Å²) in [4.78, 5) is 15.3. The van der Waals surface area contributed by atoms with E-state index in [1.54, 1.807) is 6.07 Å². The summed E-state index contributed by atoms with van der Waals surface area (Å²) in [6, 6.07) is 6.06. The van der Waals surface area contributed by atoms with Gasteiger partial charge in [-0.2, -0.15) is 0 Å². The number of aliphatic hydroxyl groups is 5. The van der Waals surface area contributed by atoms with Crippen molar-refractivity contribution in [1.82, 2.24) is 0 Å². The fourth-order valence-corrected chi connectivity index (χ4v) is 3.03. The Morgan fingerprint density at radius 3 is 2.48 bits per heavy atom. The zero-order valence-corrected chi connectivity index (χ0v) is 11.6. The molecule has 0 bridgehead atoms. The molecular weight excluding hydrogens is 310 g/mol. The van der Waals surface area contributed by atoms with Gasteiger partial charge in [0.15, 0.2) is 23.6 Å². The second-order valence-electron chi connectivity index (χ2n) is 5.55. The molecule has 1 fully saturated rings. The highest BCUT2D eigenvalue weighted by atomic mass is 16.6. The van der Waals surface area contributed by atoms with E-state index in [0.717, 1.165) is 6.21 Å². The van der Waals surface area contributed by atoms with Crippen LogP contribution >= 0.6 is 0 Å². The van der Waals surface area contributed by atoms with Crippen LogP contribution in [0.15, 0.2) is 29.3 Å². The Hall–Kier alpha value is -1.88. The molecule has 2 aliphatic heterocycles. The first-order chi connectivity index (χ1) is 10.7. The van der Waals surface area contributed by atoms with Crippen molar-refractivity contribution >= 4 is 17.9 Å². The van der Waals surface area contributed by atoms with Crippen LogP contribution in [0.2, 0.25) is 0 Å². The zero-order chi connectivity index (χ0) is 17.0. The standard InChI is InChI=1S/C14H15NO8/c16-8-9(17)14(22,10(11(18)19)23-12(8)20)13(21)5-15-7-4-2-1-3-6(7)13/h1-5,8-10,12,16-17,20-22H,(H,18,19)/t8-,9-,10-,12-,13?,14+/m1/s1. The summed E-state index contributed by atoms with van der Waals surface area (Å²) in [5.74, 6) is -1.73. The molecule has 0 aromatic heterocycles. The van der Waals surface area contributed by atoms with Crippen molar-refractivity contribution in [2.24, 2.45) is 4.99 Å². The molecule has 124 valence electrons. The van der Waals surface area contributed by atoms with E-state index in [4.69, 9.17) is 4.74 Å². The van der Waals surface area contributed by atoms with Crippen LogP contribution in [0.5, 0.6) is 0 Å². The second-order valence-corrected chi connectivity index (χ2v) is 5.55. The number of carbonyl (C=O) groups is 1. The first-order valence-corrected chi connectivity index (χ1v) is 6.75. The lowest BCUT2D eigenvalue weighted by molar-refractivity contribution is -0.338. The van der Waals surface area contributed by atoms with E-state index in [0.29, 0.717) is 0 Å². The first-order valence-electron chi connectivity index (χ1n) is 6.75. The third kappa shape index (κ3) is 1.96. The molecule has 0 saturated carbocycles. The summed E-state index contributed by atoms with van der Waals surface area (Å²) in [6.07, 6.45) is -7.61. The maximum Gasteiger partial charge on any atom is 0.336 e. The van der Waals surface area contributed by atoms with Gasteiger partial charge in [-0.25, -0.2) is 4.79 Å². The van der Waals surface area contributed by atoms with Gasteiger partial charge in [0.25, 0.3) is 0 Å². The highest BCUT2D eigenvalue weighted by molar-refractivity contribution is 5.87. The van der Waals surface area contributed by atoms with Gasteiger partial charge in [-0.1, -0.05) is 18.2 Å². The normalized spacial score (nSPS) is 42.5. The Morgan fingerprint density at radius 2 is 1.83 bits per heavy atom. The van der Waals surface area contributed by atoms with Gasteiger partial charge in [0.1, 0.15) is 12.2 Å². The molecule has 2 aliphatic rings. The van der Waals surface area contributed by atoms with Crippen molar-refractivity contribution in [2.75, 3.05) is 0 Å².